The molecular weight excluding hydrogens is 258 g/mol. The summed E-state index contributed by atoms with van der Waals surface area (Å²) in [6, 6.07) is 7.17. The minimum Gasteiger partial charge on any atom is -0.371 e. The van der Waals surface area contributed by atoms with Crippen LogP contribution in [0.4, 0.5) is 5.69 Å². The Balaban J connectivity index is 1.70. The van der Waals surface area contributed by atoms with Gasteiger partial charge in [0.1, 0.15) is 0 Å². The van der Waals surface area contributed by atoms with E-state index in [1.165, 1.54) is 56.9 Å². The molecule has 1 aromatic rings. The minimum absolute atomic E-state index is 0.680. The first-order chi connectivity index (χ1) is 10.2. The summed E-state index contributed by atoms with van der Waals surface area (Å²) in [5.41, 5.74) is 4.53. The fourth-order valence-electron chi connectivity index (χ4n) is 3.66. The first-order valence-electron chi connectivity index (χ1n) is 8.46. The molecule has 0 N–H and O–H groups in total. The molecule has 0 saturated carbocycles. The molecule has 116 valence electrons. The van der Waals surface area contributed by atoms with E-state index in [4.69, 9.17) is 0 Å². The van der Waals surface area contributed by atoms with Gasteiger partial charge in [-0.05, 0) is 30.7 Å². The van der Waals surface area contributed by atoms with Gasteiger partial charge in [-0.25, -0.2) is 0 Å². The summed E-state index contributed by atoms with van der Waals surface area (Å²) in [6.07, 6.45) is 1.23. The van der Waals surface area contributed by atoms with Gasteiger partial charge in [0.25, 0.3) is 0 Å². The van der Waals surface area contributed by atoms with Gasteiger partial charge >= 0.3 is 0 Å². The zero-order valence-electron chi connectivity index (χ0n) is 13.8. The second kappa shape index (κ2) is 6.37. The van der Waals surface area contributed by atoms with Crippen molar-refractivity contribution in [3.05, 3.63) is 29.3 Å². The van der Waals surface area contributed by atoms with Crippen molar-refractivity contribution in [1.82, 2.24) is 9.80 Å². The van der Waals surface area contributed by atoms with Gasteiger partial charge < -0.3 is 9.80 Å². The molecule has 3 rings (SSSR count). The van der Waals surface area contributed by atoms with E-state index in [0.29, 0.717) is 5.92 Å². The van der Waals surface area contributed by atoms with Crippen LogP contribution in [0.25, 0.3) is 0 Å². The molecular formula is C18H29N3. The fourth-order valence-corrected chi connectivity index (χ4v) is 3.66. The molecule has 21 heavy (non-hydrogen) atoms. The van der Waals surface area contributed by atoms with Gasteiger partial charge in [0.15, 0.2) is 0 Å². The SMILES string of the molecule is CCCN1CC(C)c2cc(CN3CCN(C)CC3)ccc21. The highest BCUT2D eigenvalue weighted by molar-refractivity contribution is 5.61. The summed E-state index contributed by atoms with van der Waals surface area (Å²) in [5, 5.41) is 0. The normalized spacial score (nSPS) is 23.6. The Morgan fingerprint density at radius 1 is 1.14 bits per heavy atom. The Morgan fingerprint density at radius 2 is 1.90 bits per heavy atom. The van der Waals surface area contributed by atoms with Crippen LogP contribution in [0.1, 0.15) is 37.3 Å². The Morgan fingerprint density at radius 3 is 2.62 bits per heavy atom. The number of nitrogens with zero attached hydrogens (tertiary/aromatic N) is 3. The number of likely N-dealkylation sites (N-methyl/N-ethyl adjacent to an activating group) is 1. The maximum absolute atomic E-state index is 2.59. The Hall–Kier alpha value is -1.06. The molecule has 1 fully saturated rings. The predicted octanol–water partition coefficient (Wildman–Crippen LogP) is 2.77. The van der Waals surface area contributed by atoms with Crippen molar-refractivity contribution in [3.63, 3.8) is 0 Å². The Labute approximate surface area is 129 Å². The van der Waals surface area contributed by atoms with Crippen LogP contribution in [0, 0.1) is 0 Å². The molecule has 3 nitrogen and oxygen atoms in total. The van der Waals surface area contributed by atoms with Gasteiger partial charge in [-0.3, -0.25) is 4.90 Å². The standard InChI is InChI=1S/C18H29N3/c1-4-7-21-13-15(2)17-12-16(5-6-18(17)21)14-20-10-8-19(3)9-11-20/h5-6,12,15H,4,7-11,13-14H2,1-3H3. The second-order valence-electron chi connectivity index (χ2n) is 6.82. The lowest BCUT2D eigenvalue weighted by molar-refractivity contribution is 0.148. The van der Waals surface area contributed by atoms with Gasteiger partial charge in [-0.15, -0.1) is 0 Å². The molecule has 0 aromatic heterocycles. The van der Waals surface area contributed by atoms with E-state index in [9.17, 15) is 0 Å². The van der Waals surface area contributed by atoms with E-state index >= 15 is 0 Å². The third kappa shape index (κ3) is 3.24. The average molecular weight is 287 g/mol. The molecule has 2 heterocycles. The van der Waals surface area contributed by atoms with Gasteiger partial charge in [0.2, 0.25) is 0 Å². The van der Waals surface area contributed by atoms with Crippen LogP contribution in [0.15, 0.2) is 18.2 Å². The Bertz CT molecular complexity index is 477. The van der Waals surface area contributed by atoms with E-state index in [1.807, 2.05) is 0 Å². The van der Waals surface area contributed by atoms with Gasteiger partial charge in [0, 0.05) is 57.4 Å². The highest BCUT2D eigenvalue weighted by Crippen LogP contribution is 2.36. The molecule has 1 aromatic carbocycles. The molecule has 0 bridgehead atoms. The zero-order valence-corrected chi connectivity index (χ0v) is 13.8. The van der Waals surface area contributed by atoms with Crippen molar-refractivity contribution < 1.29 is 0 Å². The average Bonchev–Trinajstić information content (AvgIpc) is 2.78. The highest BCUT2D eigenvalue weighted by Gasteiger charge is 2.25. The monoisotopic (exact) mass is 287 g/mol. The van der Waals surface area contributed by atoms with Crippen molar-refractivity contribution in [2.75, 3.05) is 51.2 Å². The van der Waals surface area contributed by atoms with Gasteiger partial charge in [0.05, 0.1) is 0 Å². The molecule has 0 amide bonds. The first-order valence-corrected chi connectivity index (χ1v) is 8.46. The van der Waals surface area contributed by atoms with E-state index in [0.717, 1.165) is 6.54 Å². The molecule has 2 aliphatic rings. The van der Waals surface area contributed by atoms with Crippen molar-refractivity contribution in [1.29, 1.82) is 0 Å². The summed E-state index contributed by atoms with van der Waals surface area (Å²) in [7, 11) is 2.22. The maximum Gasteiger partial charge on any atom is 0.0402 e. The number of hydrogen-bond donors (Lipinski definition) is 0. The number of benzene rings is 1. The topological polar surface area (TPSA) is 9.72 Å². The lowest BCUT2D eigenvalue weighted by atomic mass is 10.0. The summed E-state index contributed by atoms with van der Waals surface area (Å²) in [5.74, 6) is 0.680. The maximum atomic E-state index is 2.59. The minimum atomic E-state index is 0.680. The smallest absolute Gasteiger partial charge is 0.0402 e. The van der Waals surface area contributed by atoms with Crippen LogP contribution >= 0.6 is 0 Å². The van der Waals surface area contributed by atoms with Crippen LogP contribution < -0.4 is 4.90 Å². The van der Waals surface area contributed by atoms with Gasteiger partial charge in [-0.2, -0.15) is 0 Å². The number of hydrogen-bond acceptors (Lipinski definition) is 3. The fraction of sp³-hybridized carbons (Fsp3) is 0.667. The van der Waals surface area contributed by atoms with Crippen LogP contribution in [0.5, 0.6) is 0 Å². The van der Waals surface area contributed by atoms with E-state index in [1.54, 1.807) is 5.56 Å². The summed E-state index contributed by atoms with van der Waals surface area (Å²) >= 11 is 0. The van der Waals surface area contributed by atoms with Crippen molar-refractivity contribution in [2.45, 2.75) is 32.7 Å². The molecule has 0 aliphatic carbocycles. The molecule has 1 saturated heterocycles. The summed E-state index contributed by atoms with van der Waals surface area (Å²) < 4.78 is 0. The van der Waals surface area contributed by atoms with Crippen LogP contribution in [0.2, 0.25) is 0 Å². The largest absolute Gasteiger partial charge is 0.371 e. The number of rotatable bonds is 4. The number of fused-ring (bicyclic) bond motifs is 1. The van der Waals surface area contributed by atoms with Crippen molar-refractivity contribution >= 4 is 5.69 Å². The summed E-state index contributed by atoms with van der Waals surface area (Å²) in [6.45, 7) is 12.9. The highest BCUT2D eigenvalue weighted by atomic mass is 15.2. The summed E-state index contributed by atoms with van der Waals surface area (Å²) in [4.78, 5) is 7.56. The number of anilines is 1. The molecule has 3 heteroatoms. The lowest BCUT2D eigenvalue weighted by Gasteiger charge is -2.32. The molecule has 1 atom stereocenters. The zero-order chi connectivity index (χ0) is 14.8. The quantitative estimate of drug-likeness (QED) is 0.843. The molecule has 0 radical (unpaired) electrons. The van der Waals surface area contributed by atoms with Crippen molar-refractivity contribution in [3.8, 4) is 0 Å². The molecule has 0 spiro atoms. The van der Waals surface area contributed by atoms with Crippen LogP contribution in [0.3, 0.4) is 0 Å². The third-order valence-corrected chi connectivity index (χ3v) is 4.95. The molecule has 1 unspecified atom stereocenters. The second-order valence-corrected chi connectivity index (χ2v) is 6.82. The molecule has 2 aliphatic heterocycles. The number of piperazine rings is 1. The first kappa shape index (κ1) is 14.9. The van der Waals surface area contributed by atoms with E-state index in [-0.39, 0.29) is 0 Å². The van der Waals surface area contributed by atoms with Crippen molar-refractivity contribution in [2.24, 2.45) is 0 Å². The lowest BCUT2D eigenvalue weighted by Crippen LogP contribution is -2.43. The third-order valence-electron chi connectivity index (χ3n) is 4.95. The van der Waals surface area contributed by atoms with E-state index in [2.05, 4.69) is 53.8 Å². The van der Waals surface area contributed by atoms with Gasteiger partial charge in [-0.1, -0.05) is 26.0 Å². The van der Waals surface area contributed by atoms with Crippen LogP contribution in [-0.4, -0.2) is 56.1 Å². The van der Waals surface area contributed by atoms with E-state index < -0.39 is 0 Å². The Kier molecular flexibility index (Phi) is 4.51. The predicted molar refractivity (Wildman–Crippen MR) is 90.1 cm³/mol. The van der Waals surface area contributed by atoms with Crippen LogP contribution in [-0.2, 0) is 6.54 Å².